The van der Waals surface area contributed by atoms with Crippen molar-refractivity contribution in [1.29, 1.82) is 0 Å². The van der Waals surface area contributed by atoms with Crippen molar-refractivity contribution in [2.24, 2.45) is 5.73 Å². The molecule has 6 nitrogen and oxygen atoms in total. The van der Waals surface area contributed by atoms with Gasteiger partial charge in [-0.05, 0) is 20.3 Å². The van der Waals surface area contributed by atoms with Crippen molar-refractivity contribution in [2.45, 2.75) is 46.1 Å². The molecule has 6 heteroatoms. The predicted molar refractivity (Wildman–Crippen MR) is 72.1 cm³/mol. The van der Waals surface area contributed by atoms with E-state index in [9.17, 15) is 4.79 Å². The van der Waals surface area contributed by atoms with Gasteiger partial charge in [0, 0.05) is 24.4 Å². The van der Waals surface area contributed by atoms with Gasteiger partial charge in [-0.3, -0.25) is 4.79 Å². The van der Waals surface area contributed by atoms with Crippen molar-refractivity contribution >= 4 is 17.5 Å². The first kappa shape index (κ1) is 14.2. The quantitative estimate of drug-likeness (QED) is 0.699. The molecule has 0 radical (unpaired) electrons. The highest BCUT2D eigenvalue weighted by Crippen LogP contribution is 2.19. The van der Waals surface area contributed by atoms with Gasteiger partial charge < -0.3 is 16.8 Å². The molecule has 0 fully saturated rings. The molecule has 1 amide bonds. The van der Waals surface area contributed by atoms with Crippen LogP contribution in [-0.2, 0) is 11.2 Å². The zero-order chi connectivity index (χ0) is 13.7. The lowest BCUT2D eigenvalue weighted by atomic mass is 10.2. The van der Waals surface area contributed by atoms with Crippen LogP contribution in [0.25, 0.3) is 0 Å². The molecule has 0 saturated heterocycles. The Hall–Kier alpha value is -1.85. The minimum Gasteiger partial charge on any atom is -0.383 e. The Labute approximate surface area is 107 Å². The van der Waals surface area contributed by atoms with Gasteiger partial charge in [-0.2, -0.15) is 0 Å². The second kappa shape index (κ2) is 6.18. The smallest absolute Gasteiger partial charge is 0.219 e. The maximum absolute atomic E-state index is 10.8. The number of anilines is 2. The van der Waals surface area contributed by atoms with Gasteiger partial charge in [0.15, 0.2) is 0 Å². The van der Waals surface area contributed by atoms with E-state index in [-0.39, 0.29) is 18.4 Å². The van der Waals surface area contributed by atoms with Crippen LogP contribution in [0.3, 0.4) is 0 Å². The zero-order valence-corrected chi connectivity index (χ0v) is 11.2. The summed E-state index contributed by atoms with van der Waals surface area (Å²) >= 11 is 0. The third-order valence-electron chi connectivity index (χ3n) is 2.59. The fourth-order valence-corrected chi connectivity index (χ4v) is 1.64. The van der Waals surface area contributed by atoms with E-state index < -0.39 is 0 Å². The number of hydrogen-bond donors (Lipinski definition) is 3. The summed E-state index contributed by atoms with van der Waals surface area (Å²) in [7, 11) is 0. The van der Waals surface area contributed by atoms with E-state index >= 15 is 0 Å². The van der Waals surface area contributed by atoms with Crippen LogP contribution < -0.4 is 16.8 Å². The van der Waals surface area contributed by atoms with Crippen LogP contribution in [0.5, 0.6) is 0 Å². The van der Waals surface area contributed by atoms with Gasteiger partial charge in [-0.25, -0.2) is 9.97 Å². The SMILES string of the molecule is CCCc1nc(N)c(C)c(NC(C)CC(N)=O)n1. The molecule has 0 bridgehead atoms. The molecule has 0 spiro atoms. The number of nitrogen functional groups attached to an aromatic ring is 1. The summed E-state index contributed by atoms with van der Waals surface area (Å²) in [5.74, 6) is 1.53. The summed E-state index contributed by atoms with van der Waals surface area (Å²) in [6.45, 7) is 5.79. The number of amides is 1. The average molecular weight is 251 g/mol. The number of carbonyl (C=O) groups excluding carboxylic acids is 1. The Balaban J connectivity index is 2.89. The van der Waals surface area contributed by atoms with E-state index in [2.05, 4.69) is 22.2 Å². The molecule has 1 heterocycles. The van der Waals surface area contributed by atoms with E-state index in [1.165, 1.54) is 0 Å². The number of hydrogen-bond acceptors (Lipinski definition) is 5. The summed E-state index contributed by atoms with van der Waals surface area (Å²) in [5.41, 5.74) is 11.8. The van der Waals surface area contributed by atoms with E-state index in [4.69, 9.17) is 11.5 Å². The highest BCUT2D eigenvalue weighted by molar-refractivity contribution is 5.75. The Morgan fingerprint density at radius 1 is 1.44 bits per heavy atom. The molecular formula is C12H21N5O. The second-order valence-corrected chi connectivity index (χ2v) is 4.46. The average Bonchev–Trinajstić information content (AvgIpc) is 2.24. The van der Waals surface area contributed by atoms with E-state index in [0.29, 0.717) is 11.6 Å². The third kappa shape index (κ3) is 3.87. The van der Waals surface area contributed by atoms with Crippen molar-refractivity contribution < 1.29 is 4.79 Å². The van der Waals surface area contributed by atoms with Crippen LogP contribution in [0.1, 0.15) is 38.1 Å². The molecule has 18 heavy (non-hydrogen) atoms. The first-order chi connectivity index (χ1) is 8.43. The highest BCUT2D eigenvalue weighted by Gasteiger charge is 2.12. The molecule has 0 saturated carbocycles. The fraction of sp³-hybridized carbons (Fsp3) is 0.583. The first-order valence-electron chi connectivity index (χ1n) is 6.11. The molecule has 0 aliphatic heterocycles. The van der Waals surface area contributed by atoms with Crippen molar-refractivity contribution in [3.05, 3.63) is 11.4 Å². The number of aryl methyl sites for hydroxylation is 1. The lowest BCUT2D eigenvalue weighted by molar-refractivity contribution is -0.118. The maximum atomic E-state index is 10.8. The summed E-state index contributed by atoms with van der Waals surface area (Å²) in [6, 6.07) is -0.0787. The molecule has 100 valence electrons. The number of primary amides is 1. The van der Waals surface area contributed by atoms with Gasteiger partial charge in [-0.1, -0.05) is 6.92 Å². The van der Waals surface area contributed by atoms with Gasteiger partial charge in [0.25, 0.3) is 0 Å². The van der Waals surface area contributed by atoms with Gasteiger partial charge in [0.1, 0.15) is 17.5 Å². The number of carbonyl (C=O) groups is 1. The van der Waals surface area contributed by atoms with Crippen LogP contribution >= 0.6 is 0 Å². The Morgan fingerprint density at radius 3 is 2.67 bits per heavy atom. The number of aromatic nitrogens is 2. The summed E-state index contributed by atoms with van der Waals surface area (Å²) in [5, 5.41) is 3.15. The minimum atomic E-state index is -0.344. The van der Waals surface area contributed by atoms with Gasteiger partial charge in [0.2, 0.25) is 5.91 Å². The summed E-state index contributed by atoms with van der Waals surface area (Å²) < 4.78 is 0. The van der Waals surface area contributed by atoms with Crippen LogP contribution in [0.2, 0.25) is 0 Å². The van der Waals surface area contributed by atoms with E-state index in [0.717, 1.165) is 24.2 Å². The molecule has 1 aromatic heterocycles. The van der Waals surface area contributed by atoms with Gasteiger partial charge in [-0.15, -0.1) is 0 Å². The first-order valence-corrected chi connectivity index (χ1v) is 6.11. The number of rotatable bonds is 6. The molecule has 0 aliphatic carbocycles. The van der Waals surface area contributed by atoms with Gasteiger partial charge >= 0.3 is 0 Å². The lowest BCUT2D eigenvalue weighted by Gasteiger charge is -2.16. The Kier molecular flexibility index (Phi) is 4.88. The molecule has 1 aromatic rings. The van der Waals surface area contributed by atoms with Crippen LogP contribution in [0.15, 0.2) is 0 Å². The number of nitrogens with zero attached hydrogens (tertiary/aromatic N) is 2. The van der Waals surface area contributed by atoms with Crippen molar-refractivity contribution in [1.82, 2.24) is 9.97 Å². The minimum absolute atomic E-state index is 0.0787. The summed E-state index contributed by atoms with van der Waals surface area (Å²) in [6.07, 6.45) is 1.99. The molecule has 1 rings (SSSR count). The molecular weight excluding hydrogens is 230 g/mol. The Bertz CT molecular complexity index is 433. The Morgan fingerprint density at radius 2 is 2.11 bits per heavy atom. The van der Waals surface area contributed by atoms with Gasteiger partial charge in [0.05, 0.1) is 0 Å². The second-order valence-electron chi connectivity index (χ2n) is 4.46. The van der Waals surface area contributed by atoms with E-state index in [1.807, 2.05) is 13.8 Å². The fourth-order valence-electron chi connectivity index (χ4n) is 1.64. The van der Waals surface area contributed by atoms with Crippen molar-refractivity contribution in [2.75, 3.05) is 11.1 Å². The maximum Gasteiger partial charge on any atom is 0.219 e. The zero-order valence-electron chi connectivity index (χ0n) is 11.2. The standard InChI is InChI=1S/C12H21N5O/c1-4-5-10-16-11(14)8(3)12(17-10)15-7(2)6-9(13)18/h7H,4-6H2,1-3H3,(H2,13,18)(H3,14,15,16,17). The lowest BCUT2D eigenvalue weighted by Crippen LogP contribution is -2.25. The molecule has 1 unspecified atom stereocenters. The number of nitrogens with one attached hydrogen (secondary N) is 1. The normalized spacial score (nSPS) is 12.2. The monoisotopic (exact) mass is 251 g/mol. The predicted octanol–water partition coefficient (Wildman–Crippen LogP) is 0.996. The highest BCUT2D eigenvalue weighted by atomic mass is 16.1. The largest absolute Gasteiger partial charge is 0.383 e. The topological polar surface area (TPSA) is 107 Å². The van der Waals surface area contributed by atoms with Crippen molar-refractivity contribution in [3.63, 3.8) is 0 Å². The van der Waals surface area contributed by atoms with Crippen LogP contribution in [0.4, 0.5) is 11.6 Å². The molecule has 1 atom stereocenters. The molecule has 0 aromatic carbocycles. The van der Waals surface area contributed by atoms with Crippen molar-refractivity contribution in [3.8, 4) is 0 Å². The number of nitrogens with two attached hydrogens (primary N) is 2. The third-order valence-corrected chi connectivity index (χ3v) is 2.59. The molecule has 5 N–H and O–H groups in total. The van der Waals surface area contributed by atoms with Crippen LogP contribution in [0, 0.1) is 6.92 Å². The summed E-state index contributed by atoms with van der Waals surface area (Å²) in [4.78, 5) is 19.5. The van der Waals surface area contributed by atoms with E-state index in [1.54, 1.807) is 0 Å². The molecule has 0 aliphatic rings. The van der Waals surface area contributed by atoms with Crippen LogP contribution in [-0.4, -0.2) is 21.9 Å².